The maximum absolute atomic E-state index is 10.9. The van der Waals surface area contributed by atoms with E-state index < -0.39 is 4.92 Å². The number of benzene rings is 1. The Kier molecular flexibility index (Phi) is 3.87. The zero-order valence-electron chi connectivity index (χ0n) is 9.80. The molecular weight excluding hydrogens is 300 g/mol. The first-order valence-corrected chi connectivity index (χ1v) is 6.72. The summed E-state index contributed by atoms with van der Waals surface area (Å²) < 4.78 is 0.565. The number of nitrogens with two attached hydrogens (primary N) is 1. The van der Waals surface area contributed by atoms with Crippen molar-refractivity contribution in [3.05, 3.63) is 32.3 Å². The van der Waals surface area contributed by atoms with Gasteiger partial charge in [-0.3, -0.25) is 10.1 Å². The first kappa shape index (κ1) is 13.3. The fourth-order valence-electron chi connectivity index (χ4n) is 2.57. The second-order valence-electron chi connectivity index (χ2n) is 4.69. The van der Waals surface area contributed by atoms with Gasteiger partial charge in [0.25, 0.3) is 0 Å². The lowest BCUT2D eigenvalue weighted by atomic mass is 9.91. The van der Waals surface area contributed by atoms with Gasteiger partial charge in [0.2, 0.25) is 0 Å². The van der Waals surface area contributed by atoms with E-state index >= 15 is 0 Å². The van der Waals surface area contributed by atoms with Crippen molar-refractivity contribution >= 4 is 21.6 Å². The molecule has 1 aromatic carbocycles. The zero-order chi connectivity index (χ0) is 13.3. The molecular formula is C12H15BrN2O3. The Balaban J connectivity index is 2.40. The number of hydrogen-bond donors (Lipinski definition) is 2. The topological polar surface area (TPSA) is 89.4 Å². The molecule has 1 atom stereocenters. The van der Waals surface area contributed by atoms with Crippen molar-refractivity contribution in [3.8, 4) is 5.75 Å². The molecule has 6 heteroatoms. The van der Waals surface area contributed by atoms with Crippen molar-refractivity contribution in [3.63, 3.8) is 0 Å². The fraction of sp³-hybridized carbons (Fsp3) is 0.500. The van der Waals surface area contributed by atoms with Gasteiger partial charge in [-0.2, -0.15) is 0 Å². The third-order valence-corrected chi connectivity index (χ3v) is 4.01. The minimum atomic E-state index is -0.592. The molecule has 2 rings (SSSR count). The lowest BCUT2D eigenvalue weighted by Gasteiger charge is -2.20. The largest absolute Gasteiger partial charge is 0.502 e. The van der Waals surface area contributed by atoms with E-state index in [2.05, 4.69) is 15.9 Å². The quantitative estimate of drug-likeness (QED) is 0.662. The summed E-state index contributed by atoms with van der Waals surface area (Å²) in [6.45, 7) is 0. The number of rotatable bonds is 3. The minimum Gasteiger partial charge on any atom is -0.502 e. The summed E-state index contributed by atoms with van der Waals surface area (Å²) >= 11 is 3.22. The summed E-state index contributed by atoms with van der Waals surface area (Å²) in [6, 6.07) is 2.62. The number of aromatic hydroxyl groups is 1. The number of phenols is 1. The second-order valence-corrected chi connectivity index (χ2v) is 5.61. The van der Waals surface area contributed by atoms with Crippen LogP contribution in [0.25, 0.3) is 0 Å². The van der Waals surface area contributed by atoms with Crippen LogP contribution in [0, 0.1) is 16.0 Å². The van der Waals surface area contributed by atoms with E-state index in [-0.39, 0.29) is 17.5 Å². The van der Waals surface area contributed by atoms with E-state index in [9.17, 15) is 15.2 Å². The highest BCUT2D eigenvalue weighted by atomic mass is 79.9. The number of halogens is 1. The highest BCUT2D eigenvalue weighted by Gasteiger charge is 2.28. The van der Waals surface area contributed by atoms with Gasteiger partial charge < -0.3 is 10.8 Å². The molecule has 0 heterocycles. The average molecular weight is 315 g/mol. The summed E-state index contributed by atoms with van der Waals surface area (Å²) in [6.07, 6.45) is 4.30. The smallest absolute Gasteiger partial charge is 0.312 e. The lowest BCUT2D eigenvalue weighted by Crippen LogP contribution is -2.19. The SMILES string of the molecule is N[C@@H](c1cc(Br)cc([N+](=O)[O-])c1O)C1CCCC1. The van der Waals surface area contributed by atoms with Crippen molar-refractivity contribution in [1.82, 2.24) is 0 Å². The standard InChI is InChI=1S/C12H15BrN2O3/c13-8-5-9(11(14)7-3-1-2-4-7)12(16)10(6-8)15(17)18/h5-7,11,16H,1-4,14H2/t11-/m1/s1. The first-order valence-electron chi connectivity index (χ1n) is 5.93. The van der Waals surface area contributed by atoms with Crippen LogP contribution in [0.15, 0.2) is 16.6 Å². The van der Waals surface area contributed by atoms with Gasteiger partial charge in [0.05, 0.1) is 4.92 Å². The van der Waals surface area contributed by atoms with E-state index in [0.29, 0.717) is 16.0 Å². The normalized spacial score (nSPS) is 17.9. The van der Waals surface area contributed by atoms with Crippen LogP contribution in [0.1, 0.15) is 37.3 Å². The summed E-state index contributed by atoms with van der Waals surface area (Å²) in [4.78, 5) is 10.3. The maximum Gasteiger partial charge on any atom is 0.312 e. The number of phenolic OH excluding ortho intramolecular Hbond substituents is 1. The first-order chi connectivity index (χ1) is 8.50. The molecule has 1 aliphatic rings. The Morgan fingerprint density at radius 3 is 2.61 bits per heavy atom. The Labute approximate surface area is 113 Å². The molecule has 0 saturated heterocycles. The highest BCUT2D eigenvalue weighted by molar-refractivity contribution is 9.10. The van der Waals surface area contributed by atoms with Gasteiger partial charge in [-0.25, -0.2) is 0 Å². The summed E-state index contributed by atoms with van der Waals surface area (Å²) in [5.41, 5.74) is 6.30. The fourth-order valence-corrected chi connectivity index (χ4v) is 3.03. The summed E-state index contributed by atoms with van der Waals surface area (Å²) in [5, 5.41) is 20.8. The van der Waals surface area contributed by atoms with Crippen LogP contribution >= 0.6 is 15.9 Å². The third-order valence-electron chi connectivity index (χ3n) is 3.55. The van der Waals surface area contributed by atoms with Crippen molar-refractivity contribution in [2.45, 2.75) is 31.7 Å². The number of nitrogens with zero attached hydrogens (tertiary/aromatic N) is 1. The lowest BCUT2D eigenvalue weighted by molar-refractivity contribution is -0.386. The van der Waals surface area contributed by atoms with E-state index in [1.807, 2.05) is 0 Å². The van der Waals surface area contributed by atoms with Gasteiger partial charge >= 0.3 is 5.69 Å². The van der Waals surface area contributed by atoms with Gasteiger partial charge in [0.1, 0.15) is 0 Å². The molecule has 0 aliphatic heterocycles. The molecule has 98 valence electrons. The zero-order valence-corrected chi connectivity index (χ0v) is 11.4. The van der Waals surface area contributed by atoms with Crippen LogP contribution in [0.3, 0.4) is 0 Å². The monoisotopic (exact) mass is 314 g/mol. The Bertz CT molecular complexity index is 473. The molecule has 1 aromatic rings. The molecule has 1 aliphatic carbocycles. The van der Waals surface area contributed by atoms with Gasteiger partial charge in [0.15, 0.2) is 5.75 Å². The van der Waals surface area contributed by atoms with Crippen molar-refractivity contribution in [2.75, 3.05) is 0 Å². The molecule has 0 bridgehead atoms. The van der Waals surface area contributed by atoms with E-state index in [0.717, 1.165) is 25.7 Å². The summed E-state index contributed by atoms with van der Waals surface area (Å²) in [7, 11) is 0. The molecule has 0 unspecified atom stereocenters. The van der Waals surface area contributed by atoms with E-state index in [1.54, 1.807) is 6.07 Å². The van der Waals surface area contributed by atoms with Crippen molar-refractivity contribution in [1.29, 1.82) is 0 Å². The molecule has 1 fully saturated rings. The molecule has 18 heavy (non-hydrogen) atoms. The van der Waals surface area contributed by atoms with Crippen LogP contribution < -0.4 is 5.73 Å². The molecule has 5 nitrogen and oxygen atoms in total. The van der Waals surface area contributed by atoms with Gasteiger partial charge in [-0.05, 0) is 24.8 Å². The Morgan fingerprint density at radius 1 is 1.44 bits per heavy atom. The number of nitro benzene ring substituents is 1. The van der Waals surface area contributed by atoms with Crippen LogP contribution in [-0.2, 0) is 0 Å². The molecule has 0 aromatic heterocycles. The average Bonchev–Trinajstić information content (AvgIpc) is 2.84. The minimum absolute atomic E-state index is 0.296. The van der Waals surface area contributed by atoms with Crippen LogP contribution in [-0.4, -0.2) is 10.0 Å². The van der Waals surface area contributed by atoms with Crippen LogP contribution in [0.2, 0.25) is 0 Å². The van der Waals surface area contributed by atoms with Crippen molar-refractivity contribution in [2.24, 2.45) is 11.7 Å². The van der Waals surface area contributed by atoms with E-state index in [4.69, 9.17) is 5.73 Å². The van der Waals surface area contributed by atoms with Gasteiger partial charge in [-0.15, -0.1) is 0 Å². The van der Waals surface area contributed by atoms with Gasteiger partial charge in [0, 0.05) is 22.1 Å². The predicted octanol–water partition coefficient (Wildman–Crippen LogP) is 3.25. The molecule has 0 radical (unpaired) electrons. The van der Waals surface area contributed by atoms with E-state index in [1.165, 1.54) is 6.07 Å². The summed E-state index contributed by atoms with van der Waals surface area (Å²) in [5.74, 6) is -0.00703. The highest BCUT2D eigenvalue weighted by Crippen LogP contribution is 2.41. The van der Waals surface area contributed by atoms with Crippen LogP contribution in [0.5, 0.6) is 5.75 Å². The predicted molar refractivity (Wildman–Crippen MR) is 71.3 cm³/mol. The Hall–Kier alpha value is -1.14. The molecule has 3 N–H and O–H groups in total. The maximum atomic E-state index is 10.9. The molecule has 0 amide bonds. The number of hydrogen-bond acceptors (Lipinski definition) is 4. The molecule has 1 saturated carbocycles. The number of nitro groups is 1. The van der Waals surface area contributed by atoms with Crippen molar-refractivity contribution < 1.29 is 10.0 Å². The van der Waals surface area contributed by atoms with Crippen LogP contribution in [0.4, 0.5) is 5.69 Å². The second kappa shape index (κ2) is 5.24. The van der Waals surface area contributed by atoms with Gasteiger partial charge in [-0.1, -0.05) is 28.8 Å². The Morgan fingerprint density at radius 2 is 2.06 bits per heavy atom. The third kappa shape index (κ3) is 2.49. The molecule has 0 spiro atoms.